The highest BCUT2D eigenvalue weighted by Crippen LogP contribution is 2.32. The van der Waals surface area contributed by atoms with Crippen LogP contribution in [0.15, 0.2) is 12.3 Å². The average Bonchev–Trinajstić information content (AvgIpc) is 2.51. The highest BCUT2D eigenvalue weighted by molar-refractivity contribution is 5.90. The first-order chi connectivity index (χ1) is 5.63. The molecule has 0 amide bonds. The standard InChI is InChI=1S/C7H10N4O/c1-10-3-2-4-5(12)6(8)11(9)7(4)10/h2-3,12H,8-9H2,1H3. The summed E-state index contributed by atoms with van der Waals surface area (Å²) in [5, 5.41) is 10.1. The van der Waals surface area contributed by atoms with Crippen molar-refractivity contribution >= 4 is 16.9 Å². The number of nitrogens with two attached hydrogens (primary N) is 2. The zero-order chi connectivity index (χ0) is 8.88. The van der Waals surface area contributed by atoms with E-state index in [1.807, 2.05) is 13.2 Å². The number of aromatic hydroxyl groups is 1. The van der Waals surface area contributed by atoms with Crippen molar-refractivity contribution in [2.24, 2.45) is 7.05 Å². The summed E-state index contributed by atoms with van der Waals surface area (Å²) >= 11 is 0. The van der Waals surface area contributed by atoms with E-state index in [4.69, 9.17) is 11.6 Å². The quantitative estimate of drug-likeness (QED) is 0.481. The second-order valence-electron chi connectivity index (χ2n) is 2.77. The number of aromatic nitrogens is 2. The predicted molar refractivity (Wildman–Crippen MR) is 47.1 cm³/mol. The molecule has 2 aromatic heterocycles. The molecular weight excluding hydrogens is 156 g/mol. The molecule has 0 aliphatic carbocycles. The van der Waals surface area contributed by atoms with E-state index in [2.05, 4.69) is 0 Å². The summed E-state index contributed by atoms with van der Waals surface area (Å²) in [7, 11) is 1.84. The Bertz CT molecular complexity index is 440. The second-order valence-corrected chi connectivity index (χ2v) is 2.77. The molecule has 5 N–H and O–H groups in total. The number of nitrogen functional groups attached to an aromatic ring is 2. The maximum atomic E-state index is 9.45. The van der Waals surface area contributed by atoms with Gasteiger partial charge in [0.05, 0.1) is 5.39 Å². The normalized spacial score (nSPS) is 11.1. The van der Waals surface area contributed by atoms with Crippen molar-refractivity contribution in [1.82, 2.24) is 9.24 Å². The first-order valence-electron chi connectivity index (χ1n) is 3.52. The van der Waals surface area contributed by atoms with Gasteiger partial charge >= 0.3 is 0 Å². The predicted octanol–water partition coefficient (Wildman–Crippen LogP) is -0.0186. The smallest absolute Gasteiger partial charge is 0.169 e. The fourth-order valence-electron chi connectivity index (χ4n) is 1.37. The van der Waals surface area contributed by atoms with E-state index in [9.17, 15) is 5.11 Å². The van der Waals surface area contributed by atoms with Gasteiger partial charge < -0.3 is 21.2 Å². The molecule has 0 fully saturated rings. The van der Waals surface area contributed by atoms with Gasteiger partial charge in [-0.15, -0.1) is 0 Å². The first-order valence-corrected chi connectivity index (χ1v) is 3.52. The van der Waals surface area contributed by atoms with Gasteiger partial charge in [-0.1, -0.05) is 0 Å². The molecule has 5 nitrogen and oxygen atoms in total. The number of anilines is 1. The zero-order valence-corrected chi connectivity index (χ0v) is 6.65. The van der Waals surface area contributed by atoms with Crippen LogP contribution in [-0.2, 0) is 7.05 Å². The summed E-state index contributed by atoms with van der Waals surface area (Å²) in [6.45, 7) is 0. The minimum absolute atomic E-state index is 0.0492. The third-order valence-corrected chi connectivity index (χ3v) is 2.03. The van der Waals surface area contributed by atoms with Gasteiger partial charge in [-0.3, -0.25) is 0 Å². The molecule has 12 heavy (non-hydrogen) atoms. The van der Waals surface area contributed by atoms with E-state index in [1.54, 1.807) is 10.6 Å². The van der Waals surface area contributed by atoms with E-state index >= 15 is 0 Å². The van der Waals surface area contributed by atoms with Gasteiger partial charge in [0.25, 0.3) is 0 Å². The molecule has 2 rings (SSSR count). The van der Waals surface area contributed by atoms with Crippen LogP contribution < -0.4 is 11.6 Å². The molecule has 0 aromatic carbocycles. The molecule has 0 saturated carbocycles. The Labute approximate surface area is 68.8 Å². The van der Waals surface area contributed by atoms with E-state index in [1.165, 1.54) is 4.68 Å². The van der Waals surface area contributed by atoms with Gasteiger partial charge in [0.2, 0.25) is 0 Å². The van der Waals surface area contributed by atoms with Crippen molar-refractivity contribution in [3.8, 4) is 5.75 Å². The van der Waals surface area contributed by atoms with Gasteiger partial charge in [0.15, 0.2) is 11.6 Å². The van der Waals surface area contributed by atoms with Crippen LogP contribution in [0.4, 0.5) is 5.82 Å². The first kappa shape index (κ1) is 6.90. The second kappa shape index (κ2) is 1.88. The molecule has 0 unspecified atom stereocenters. The van der Waals surface area contributed by atoms with Crippen molar-refractivity contribution < 1.29 is 5.11 Å². The molecule has 5 heteroatoms. The van der Waals surface area contributed by atoms with Gasteiger partial charge in [0, 0.05) is 13.2 Å². The third kappa shape index (κ3) is 0.578. The van der Waals surface area contributed by atoms with Crippen LogP contribution in [0.1, 0.15) is 0 Å². The van der Waals surface area contributed by atoms with E-state index < -0.39 is 0 Å². The summed E-state index contributed by atoms with van der Waals surface area (Å²) in [4.78, 5) is 0. The van der Waals surface area contributed by atoms with E-state index in [0.29, 0.717) is 11.0 Å². The summed E-state index contributed by atoms with van der Waals surface area (Å²) in [5.74, 6) is 5.84. The molecule has 0 saturated heterocycles. The van der Waals surface area contributed by atoms with Crippen molar-refractivity contribution in [1.29, 1.82) is 0 Å². The maximum Gasteiger partial charge on any atom is 0.169 e. The van der Waals surface area contributed by atoms with Gasteiger partial charge in [-0.05, 0) is 6.07 Å². The Morgan fingerprint density at radius 2 is 2.17 bits per heavy atom. The Kier molecular flexibility index (Phi) is 1.08. The topological polar surface area (TPSA) is 82.1 Å². The highest BCUT2D eigenvalue weighted by atomic mass is 16.3. The molecule has 2 aromatic rings. The fourth-order valence-corrected chi connectivity index (χ4v) is 1.37. The molecule has 0 aliphatic heterocycles. The number of rotatable bonds is 0. The summed E-state index contributed by atoms with van der Waals surface area (Å²) in [6.07, 6.45) is 1.81. The fraction of sp³-hybridized carbons (Fsp3) is 0.143. The van der Waals surface area contributed by atoms with Crippen LogP contribution in [0.5, 0.6) is 5.75 Å². The molecule has 0 spiro atoms. The minimum Gasteiger partial charge on any atom is -0.504 e. The van der Waals surface area contributed by atoms with Crippen molar-refractivity contribution in [3.05, 3.63) is 12.3 Å². The monoisotopic (exact) mass is 166 g/mol. The van der Waals surface area contributed by atoms with Crippen molar-refractivity contribution in [3.63, 3.8) is 0 Å². The lowest BCUT2D eigenvalue weighted by molar-refractivity contribution is 0.483. The van der Waals surface area contributed by atoms with E-state index in [-0.39, 0.29) is 11.6 Å². The lowest BCUT2D eigenvalue weighted by atomic mass is 10.4. The molecule has 0 radical (unpaired) electrons. The average molecular weight is 166 g/mol. The molecule has 64 valence electrons. The third-order valence-electron chi connectivity index (χ3n) is 2.03. The van der Waals surface area contributed by atoms with Crippen molar-refractivity contribution in [2.45, 2.75) is 0 Å². The Balaban J connectivity index is 3.01. The van der Waals surface area contributed by atoms with Crippen LogP contribution in [0.25, 0.3) is 11.0 Å². The lowest BCUT2D eigenvalue weighted by Gasteiger charge is -1.99. The van der Waals surface area contributed by atoms with Crippen LogP contribution in [0, 0.1) is 0 Å². The number of hydrogen-bond acceptors (Lipinski definition) is 3. The molecule has 0 atom stereocenters. The molecule has 2 heterocycles. The molecule has 0 aliphatic rings. The minimum atomic E-state index is 0.0492. The largest absolute Gasteiger partial charge is 0.504 e. The Hall–Kier alpha value is -1.78. The number of hydrogen-bond donors (Lipinski definition) is 3. The highest BCUT2D eigenvalue weighted by Gasteiger charge is 2.14. The number of fused-ring (bicyclic) bond motifs is 1. The summed E-state index contributed by atoms with van der Waals surface area (Å²) < 4.78 is 3.07. The van der Waals surface area contributed by atoms with Gasteiger partial charge in [-0.2, -0.15) is 0 Å². The van der Waals surface area contributed by atoms with Crippen LogP contribution in [0.2, 0.25) is 0 Å². The van der Waals surface area contributed by atoms with Gasteiger partial charge in [0.1, 0.15) is 5.65 Å². The van der Waals surface area contributed by atoms with E-state index in [0.717, 1.165) is 0 Å². The number of nitrogens with zero attached hydrogens (tertiary/aromatic N) is 2. The molecule has 0 bridgehead atoms. The lowest BCUT2D eigenvalue weighted by Crippen LogP contribution is -2.12. The Morgan fingerprint density at radius 3 is 2.75 bits per heavy atom. The van der Waals surface area contributed by atoms with Crippen LogP contribution in [0.3, 0.4) is 0 Å². The summed E-state index contributed by atoms with van der Waals surface area (Å²) in [6, 6.07) is 1.77. The van der Waals surface area contributed by atoms with Crippen molar-refractivity contribution in [2.75, 3.05) is 11.6 Å². The number of aryl methyl sites for hydroxylation is 1. The summed E-state index contributed by atoms with van der Waals surface area (Å²) in [5.41, 5.74) is 6.22. The zero-order valence-electron chi connectivity index (χ0n) is 6.65. The maximum absolute atomic E-state index is 9.45. The SMILES string of the molecule is Cn1ccc2c(O)c(N)n(N)c21. The molecular formula is C7H10N4O. The van der Waals surface area contributed by atoms with Crippen LogP contribution >= 0.6 is 0 Å². The Morgan fingerprint density at radius 1 is 1.50 bits per heavy atom. The van der Waals surface area contributed by atoms with Crippen LogP contribution in [-0.4, -0.2) is 14.3 Å². The van der Waals surface area contributed by atoms with Gasteiger partial charge in [-0.25, -0.2) is 4.68 Å².